The van der Waals surface area contributed by atoms with Crippen LogP contribution in [-0.4, -0.2) is 17.4 Å². The third-order valence-corrected chi connectivity index (χ3v) is 3.20. The van der Waals surface area contributed by atoms with Crippen molar-refractivity contribution in [3.05, 3.63) is 17.8 Å². The van der Waals surface area contributed by atoms with Gasteiger partial charge in [-0.1, -0.05) is 6.92 Å². The molecule has 1 aliphatic carbocycles. The van der Waals surface area contributed by atoms with Gasteiger partial charge >= 0.3 is 0 Å². The summed E-state index contributed by atoms with van der Waals surface area (Å²) in [7, 11) is 0. The number of nitrogens with one attached hydrogen (secondary N) is 1. The van der Waals surface area contributed by atoms with Gasteiger partial charge in [-0.15, -0.1) is 0 Å². The highest BCUT2D eigenvalue weighted by Crippen LogP contribution is 2.36. The Hall–Kier alpha value is -1.78. The molecule has 1 unspecified atom stereocenters. The van der Waals surface area contributed by atoms with Crippen LogP contribution in [0.15, 0.2) is 12.1 Å². The van der Waals surface area contributed by atoms with Crippen molar-refractivity contribution in [3.63, 3.8) is 0 Å². The minimum atomic E-state index is -0.539. The van der Waals surface area contributed by atoms with Crippen LogP contribution in [0.1, 0.15) is 30.3 Å². The fraction of sp³-hybridized carbons (Fsp3) is 0.500. The summed E-state index contributed by atoms with van der Waals surface area (Å²) in [4.78, 5) is 15.1. The van der Waals surface area contributed by atoms with E-state index < -0.39 is 5.91 Å². The Balaban J connectivity index is 2.02. The zero-order valence-corrected chi connectivity index (χ0v) is 9.94. The van der Waals surface area contributed by atoms with Crippen molar-refractivity contribution in [2.45, 2.75) is 19.8 Å². The van der Waals surface area contributed by atoms with Crippen LogP contribution in [0.2, 0.25) is 0 Å². The molecule has 0 aliphatic heterocycles. The molecule has 5 nitrogen and oxygen atoms in total. The first-order chi connectivity index (χ1) is 8.08. The van der Waals surface area contributed by atoms with E-state index in [2.05, 4.69) is 17.2 Å². The molecule has 5 heteroatoms. The molecule has 1 aliphatic rings. The first-order valence-electron chi connectivity index (χ1n) is 5.88. The van der Waals surface area contributed by atoms with Gasteiger partial charge in [-0.25, -0.2) is 4.98 Å². The molecule has 5 N–H and O–H groups in total. The Morgan fingerprint density at radius 2 is 2.29 bits per heavy atom. The molecule has 0 bridgehead atoms. The average molecular weight is 234 g/mol. The van der Waals surface area contributed by atoms with Gasteiger partial charge in [0.1, 0.15) is 11.5 Å². The molecule has 1 atom stereocenters. The molecule has 1 aromatic heterocycles. The molecule has 1 fully saturated rings. The standard InChI is InChI=1S/C12H18N4O/c1-7(8-2-3-8)6-15-12-9(13)4-5-10(16-12)11(14)17/h4-5,7-8H,2-3,6,13H2,1H3,(H2,14,17)(H,15,16). The fourth-order valence-electron chi connectivity index (χ4n) is 1.84. The third kappa shape index (κ3) is 2.87. The molecule has 1 amide bonds. The Morgan fingerprint density at radius 1 is 1.59 bits per heavy atom. The number of hydrogen-bond acceptors (Lipinski definition) is 4. The van der Waals surface area contributed by atoms with Crippen LogP contribution in [0.3, 0.4) is 0 Å². The van der Waals surface area contributed by atoms with Crippen molar-refractivity contribution in [1.29, 1.82) is 0 Å². The number of hydrogen-bond donors (Lipinski definition) is 3. The lowest BCUT2D eigenvalue weighted by Gasteiger charge is -2.13. The lowest BCUT2D eigenvalue weighted by Crippen LogP contribution is -2.18. The van der Waals surface area contributed by atoms with E-state index in [0.717, 1.165) is 12.5 Å². The minimum absolute atomic E-state index is 0.237. The highest BCUT2D eigenvalue weighted by Gasteiger charge is 2.27. The van der Waals surface area contributed by atoms with Crippen molar-refractivity contribution < 1.29 is 4.79 Å². The van der Waals surface area contributed by atoms with E-state index in [1.54, 1.807) is 6.07 Å². The maximum atomic E-state index is 11.0. The van der Waals surface area contributed by atoms with Gasteiger partial charge in [0.2, 0.25) is 0 Å². The van der Waals surface area contributed by atoms with Gasteiger partial charge < -0.3 is 16.8 Å². The summed E-state index contributed by atoms with van der Waals surface area (Å²) < 4.78 is 0. The number of anilines is 2. The predicted molar refractivity (Wildman–Crippen MR) is 67.5 cm³/mol. The number of carbonyl (C=O) groups is 1. The molecule has 0 saturated heterocycles. The van der Waals surface area contributed by atoms with Crippen LogP contribution in [-0.2, 0) is 0 Å². The Kier molecular flexibility index (Phi) is 3.17. The summed E-state index contributed by atoms with van der Waals surface area (Å²) in [5, 5.41) is 3.19. The van der Waals surface area contributed by atoms with Gasteiger partial charge in [-0.3, -0.25) is 4.79 Å². The fourth-order valence-corrected chi connectivity index (χ4v) is 1.84. The van der Waals surface area contributed by atoms with Gasteiger partial charge in [-0.2, -0.15) is 0 Å². The summed E-state index contributed by atoms with van der Waals surface area (Å²) in [5.74, 6) is 1.44. The second-order valence-corrected chi connectivity index (χ2v) is 4.69. The summed E-state index contributed by atoms with van der Waals surface area (Å²) in [5.41, 5.74) is 11.7. The molecule has 0 aromatic carbocycles. The number of nitrogens with zero attached hydrogens (tertiary/aromatic N) is 1. The molecule has 0 radical (unpaired) electrons. The normalized spacial score (nSPS) is 16.5. The predicted octanol–water partition coefficient (Wildman–Crippen LogP) is 1.22. The van der Waals surface area contributed by atoms with E-state index in [0.29, 0.717) is 17.4 Å². The zero-order chi connectivity index (χ0) is 12.4. The lowest BCUT2D eigenvalue weighted by molar-refractivity contribution is 0.0996. The minimum Gasteiger partial charge on any atom is -0.396 e. The summed E-state index contributed by atoms with van der Waals surface area (Å²) in [6, 6.07) is 3.18. The van der Waals surface area contributed by atoms with Crippen molar-refractivity contribution in [2.24, 2.45) is 17.6 Å². The quantitative estimate of drug-likeness (QED) is 0.714. The van der Waals surface area contributed by atoms with Gasteiger partial charge in [0.15, 0.2) is 0 Å². The van der Waals surface area contributed by atoms with E-state index in [9.17, 15) is 4.79 Å². The Morgan fingerprint density at radius 3 is 2.88 bits per heavy atom. The molecule has 1 aromatic rings. The lowest BCUT2D eigenvalue weighted by atomic mass is 10.1. The second-order valence-electron chi connectivity index (χ2n) is 4.69. The molecule has 2 rings (SSSR count). The van der Waals surface area contributed by atoms with Gasteiger partial charge in [0, 0.05) is 6.54 Å². The van der Waals surface area contributed by atoms with Crippen molar-refractivity contribution in [1.82, 2.24) is 4.98 Å². The van der Waals surface area contributed by atoms with Gasteiger partial charge in [0.05, 0.1) is 5.69 Å². The highest BCUT2D eigenvalue weighted by atomic mass is 16.1. The Bertz CT molecular complexity index is 429. The van der Waals surface area contributed by atoms with Crippen molar-refractivity contribution >= 4 is 17.4 Å². The first kappa shape index (κ1) is 11.7. The molecule has 1 heterocycles. The molecule has 0 spiro atoms. The van der Waals surface area contributed by atoms with E-state index in [4.69, 9.17) is 11.5 Å². The van der Waals surface area contributed by atoms with Crippen molar-refractivity contribution in [3.8, 4) is 0 Å². The van der Waals surface area contributed by atoms with Gasteiger partial charge in [-0.05, 0) is 36.8 Å². The maximum Gasteiger partial charge on any atom is 0.267 e. The molecule has 92 valence electrons. The molecule has 17 heavy (non-hydrogen) atoms. The van der Waals surface area contributed by atoms with Crippen LogP contribution < -0.4 is 16.8 Å². The van der Waals surface area contributed by atoms with Crippen LogP contribution in [0.4, 0.5) is 11.5 Å². The second kappa shape index (κ2) is 4.61. The average Bonchev–Trinajstić information content (AvgIpc) is 3.11. The van der Waals surface area contributed by atoms with Crippen LogP contribution in [0.25, 0.3) is 0 Å². The largest absolute Gasteiger partial charge is 0.396 e. The van der Waals surface area contributed by atoms with Crippen molar-refractivity contribution in [2.75, 3.05) is 17.6 Å². The smallest absolute Gasteiger partial charge is 0.267 e. The molecular weight excluding hydrogens is 216 g/mol. The monoisotopic (exact) mass is 234 g/mol. The first-order valence-corrected chi connectivity index (χ1v) is 5.88. The zero-order valence-electron chi connectivity index (χ0n) is 9.94. The SMILES string of the molecule is CC(CNc1nc(C(N)=O)ccc1N)C1CC1. The maximum absolute atomic E-state index is 11.0. The number of rotatable bonds is 5. The van der Waals surface area contributed by atoms with Crippen LogP contribution in [0.5, 0.6) is 0 Å². The van der Waals surface area contributed by atoms with E-state index in [1.807, 2.05) is 0 Å². The summed E-state index contributed by atoms with van der Waals surface area (Å²) in [6.07, 6.45) is 2.63. The number of pyridine rings is 1. The number of nitrogen functional groups attached to an aromatic ring is 1. The highest BCUT2D eigenvalue weighted by molar-refractivity contribution is 5.91. The molecular formula is C12H18N4O. The van der Waals surface area contributed by atoms with Crippen LogP contribution in [0, 0.1) is 11.8 Å². The number of nitrogens with two attached hydrogens (primary N) is 2. The van der Waals surface area contributed by atoms with Crippen LogP contribution >= 0.6 is 0 Å². The number of carbonyl (C=O) groups excluding carboxylic acids is 1. The van der Waals surface area contributed by atoms with E-state index >= 15 is 0 Å². The van der Waals surface area contributed by atoms with Gasteiger partial charge in [0.25, 0.3) is 5.91 Å². The van der Waals surface area contributed by atoms with E-state index in [1.165, 1.54) is 18.9 Å². The third-order valence-electron chi connectivity index (χ3n) is 3.20. The summed E-state index contributed by atoms with van der Waals surface area (Å²) in [6.45, 7) is 3.03. The number of aromatic nitrogens is 1. The Labute approximate surface area is 101 Å². The number of amides is 1. The summed E-state index contributed by atoms with van der Waals surface area (Å²) >= 11 is 0. The number of primary amides is 1. The van der Waals surface area contributed by atoms with E-state index in [-0.39, 0.29) is 5.69 Å². The molecule has 1 saturated carbocycles. The topological polar surface area (TPSA) is 94.0 Å².